The minimum absolute atomic E-state index is 0.0479. The van der Waals surface area contributed by atoms with E-state index in [4.69, 9.17) is 4.74 Å². The van der Waals surface area contributed by atoms with Crippen molar-refractivity contribution in [2.75, 3.05) is 11.9 Å². The first-order valence-corrected chi connectivity index (χ1v) is 11.0. The van der Waals surface area contributed by atoms with E-state index in [1.165, 1.54) is 29.5 Å². The predicted octanol–water partition coefficient (Wildman–Crippen LogP) is 4.30. The van der Waals surface area contributed by atoms with Gasteiger partial charge in [0, 0.05) is 16.5 Å². The van der Waals surface area contributed by atoms with Crippen molar-refractivity contribution in [2.24, 2.45) is 5.92 Å². The Morgan fingerprint density at radius 2 is 1.84 bits per heavy atom. The molecule has 1 aromatic heterocycles. The van der Waals surface area contributed by atoms with E-state index in [2.05, 4.69) is 10.6 Å². The molecule has 6 nitrogen and oxygen atoms in total. The summed E-state index contributed by atoms with van der Waals surface area (Å²) in [7, 11) is 0. The molecule has 1 atom stereocenters. The van der Waals surface area contributed by atoms with Gasteiger partial charge in [-0.05, 0) is 60.2 Å². The molecular formula is C24H21FN2O4S. The van der Waals surface area contributed by atoms with E-state index in [-0.39, 0.29) is 23.2 Å². The van der Waals surface area contributed by atoms with E-state index < -0.39 is 24.5 Å². The van der Waals surface area contributed by atoms with Crippen LogP contribution in [0.4, 0.5) is 10.1 Å². The molecule has 32 heavy (non-hydrogen) atoms. The molecule has 1 unspecified atom stereocenters. The third-order valence-corrected chi connectivity index (χ3v) is 5.92. The number of amides is 2. The fraction of sp³-hybridized carbons (Fsp3) is 0.208. The van der Waals surface area contributed by atoms with Gasteiger partial charge in [0.15, 0.2) is 6.61 Å². The number of halogens is 1. The zero-order chi connectivity index (χ0) is 22.5. The highest BCUT2D eigenvalue weighted by Gasteiger charge is 2.29. The molecule has 3 aromatic rings. The van der Waals surface area contributed by atoms with Gasteiger partial charge in [-0.25, -0.2) is 9.18 Å². The molecule has 2 aromatic carbocycles. The number of carbonyl (C=O) groups is 3. The molecule has 1 aliphatic carbocycles. The summed E-state index contributed by atoms with van der Waals surface area (Å²) in [4.78, 5) is 37.7. The highest BCUT2D eigenvalue weighted by molar-refractivity contribution is 7.10. The van der Waals surface area contributed by atoms with Crippen LogP contribution in [0.2, 0.25) is 0 Å². The summed E-state index contributed by atoms with van der Waals surface area (Å²) in [5.41, 5.74) is 1.46. The van der Waals surface area contributed by atoms with Gasteiger partial charge in [0.05, 0.1) is 11.6 Å². The summed E-state index contributed by atoms with van der Waals surface area (Å²) in [6, 6.07) is 15.5. The Balaban J connectivity index is 1.36. The first-order valence-electron chi connectivity index (χ1n) is 10.2. The summed E-state index contributed by atoms with van der Waals surface area (Å²) >= 11 is 1.46. The minimum atomic E-state index is -0.669. The van der Waals surface area contributed by atoms with Crippen LogP contribution in [-0.4, -0.2) is 24.4 Å². The lowest BCUT2D eigenvalue weighted by molar-refractivity contribution is -0.124. The lowest BCUT2D eigenvalue weighted by Gasteiger charge is -2.18. The van der Waals surface area contributed by atoms with Crippen LogP contribution in [0.15, 0.2) is 66.0 Å². The number of anilines is 1. The maximum Gasteiger partial charge on any atom is 0.338 e. The second-order valence-corrected chi connectivity index (χ2v) is 8.47. The predicted molar refractivity (Wildman–Crippen MR) is 119 cm³/mol. The summed E-state index contributed by atoms with van der Waals surface area (Å²) in [5.74, 6) is -1.53. The maximum absolute atomic E-state index is 13.3. The molecule has 0 aliphatic heterocycles. The lowest BCUT2D eigenvalue weighted by Crippen LogP contribution is -2.32. The van der Waals surface area contributed by atoms with Gasteiger partial charge in [-0.15, -0.1) is 11.3 Å². The molecule has 4 rings (SSSR count). The molecule has 2 amide bonds. The van der Waals surface area contributed by atoms with Gasteiger partial charge < -0.3 is 15.4 Å². The van der Waals surface area contributed by atoms with Crippen LogP contribution in [-0.2, 0) is 14.3 Å². The Hall–Kier alpha value is -3.52. The van der Waals surface area contributed by atoms with Crippen LogP contribution in [0.25, 0.3) is 0 Å². The third kappa shape index (κ3) is 5.59. The SMILES string of the molecule is O=C(COC(=O)c1cccc(NC(=O)C2CC2)c1)NC(c1ccc(F)cc1)c1cccs1. The van der Waals surface area contributed by atoms with Crippen LogP contribution in [0.5, 0.6) is 0 Å². The monoisotopic (exact) mass is 452 g/mol. The molecule has 0 radical (unpaired) electrons. The average Bonchev–Trinajstić information content (AvgIpc) is 3.52. The largest absolute Gasteiger partial charge is 0.452 e. The Morgan fingerprint density at radius 3 is 2.53 bits per heavy atom. The second-order valence-electron chi connectivity index (χ2n) is 7.49. The Morgan fingerprint density at radius 1 is 1.06 bits per heavy atom. The van der Waals surface area contributed by atoms with Crippen LogP contribution >= 0.6 is 11.3 Å². The van der Waals surface area contributed by atoms with E-state index >= 15 is 0 Å². The van der Waals surface area contributed by atoms with Crippen molar-refractivity contribution in [3.05, 3.63) is 87.9 Å². The minimum Gasteiger partial charge on any atom is -0.452 e. The second kappa shape index (κ2) is 9.74. The van der Waals surface area contributed by atoms with E-state index in [1.807, 2.05) is 17.5 Å². The number of thiophene rings is 1. The first kappa shape index (κ1) is 21.7. The van der Waals surface area contributed by atoms with E-state index in [0.717, 1.165) is 17.7 Å². The van der Waals surface area contributed by atoms with Gasteiger partial charge in [-0.1, -0.05) is 24.3 Å². The number of nitrogens with one attached hydrogen (secondary N) is 2. The van der Waals surface area contributed by atoms with Crippen molar-refractivity contribution in [1.82, 2.24) is 5.32 Å². The maximum atomic E-state index is 13.3. The molecule has 1 saturated carbocycles. The molecular weight excluding hydrogens is 431 g/mol. The lowest BCUT2D eigenvalue weighted by atomic mass is 10.1. The molecule has 0 spiro atoms. The summed E-state index contributed by atoms with van der Waals surface area (Å²) in [6.07, 6.45) is 1.76. The van der Waals surface area contributed by atoms with Crippen molar-refractivity contribution >= 4 is 34.8 Å². The molecule has 1 fully saturated rings. The van der Waals surface area contributed by atoms with Gasteiger partial charge >= 0.3 is 5.97 Å². The summed E-state index contributed by atoms with van der Waals surface area (Å²) < 4.78 is 18.5. The zero-order valence-electron chi connectivity index (χ0n) is 17.0. The van der Waals surface area contributed by atoms with Gasteiger partial charge in [-0.3, -0.25) is 9.59 Å². The van der Waals surface area contributed by atoms with E-state index in [9.17, 15) is 18.8 Å². The standard InChI is InChI=1S/C24H21FN2O4S/c25-18-10-8-15(9-11-18)22(20-5-2-12-32-20)27-21(28)14-31-24(30)17-3-1-4-19(13-17)26-23(29)16-6-7-16/h1-5,8-13,16,22H,6-7,14H2,(H,26,29)(H,27,28). The highest BCUT2D eigenvalue weighted by atomic mass is 32.1. The van der Waals surface area contributed by atoms with Crippen LogP contribution in [0.3, 0.4) is 0 Å². The van der Waals surface area contributed by atoms with Crippen molar-refractivity contribution in [3.8, 4) is 0 Å². The number of benzene rings is 2. The molecule has 0 bridgehead atoms. The smallest absolute Gasteiger partial charge is 0.338 e. The number of rotatable bonds is 8. The van der Waals surface area contributed by atoms with Crippen molar-refractivity contribution < 1.29 is 23.5 Å². The van der Waals surface area contributed by atoms with Crippen LogP contribution in [0, 0.1) is 11.7 Å². The van der Waals surface area contributed by atoms with Gasteiger partial charge in [0.1, 0.15) is 5.82 Å². The molecule has 1 heterocycles. The number of hydrogen-bond donors (Lipinski definition) is 2. The van der Waals surface area contributed by atoms with Crippen molar-refractivity contribution in [2.45, 2.75) is 18.9 Å². The normalized spacial score (nSPS) is 13.8. The van der Waals surface area contributed by atoms with E-state index in [0.29, 0.717) is 11.3 Å². The van der Waals surface area contributed by atoms with Crippen LogP contribution in [0.1, 0.15) is 39.7 Å². The highest BCUT2D eigenvalue weighted by Crippen LogP contribution is 2.30. The molecule has 164 valence electrons. The molecule has 2 N–H and O–H groups in total. The van der Waals surface area contributed by atoms with Crippen molar-refractivity contribution in [3.63, 3.8) is 0 Å². The van der Waals surface area contributed by atoms with Gasteiger partial charge in [0.25, 0.3) is 5.91 Å². The molecule has 1 aliphatic rings. The summed E-state index contributed by atoms with van der Waals surface area (Å²) in [5, 5.41) is 7.49. The third-order valence-electron chi connectivity index (χ3n) is 4.98. The fourth-order valence-electron chi connectivity index (χ4n) is 3.16. The first-order chi connectivity index (χ1) is 15.5. The number of carbonyl (C=O) groups excluding carboxylic acids is 3. The zero-order valence-corrected chi connectivity index (χ0v) is 17.9. The number of hydrogen-bond acceptors (Lipinski definition) is 5. The molecule has 0 saturated heterocycles. The van der Waals surface area contributed by atoms with Crippen LogP contribution < -0.4 is 10.6 Å². The average molecular weight is 453 g/mol. The number of ether oxygens (including phenoxy) is 1. The molecule has 8 heteroatoms. The van der Waals surface area contributed by atoms with Crippen molar-refractivity contribution in [1.29, 1.82) is 0 Å². The van der Waals surface area contributed by atoms with E-state index in [1.54, 1.807) is 30.3 Å². The number of esters is 1. The summed E-state index contributed by atoms with van der Waals surface area (Å²) in [6.45, 7) is -0.472. The quantitative estimate of drug-likeness (QED) is 0.499. The van der Waals surface area contributed by atoms with Gasteiger partial charge in [-0.2, -0.15) is 0 Å². The Labute approximate surface area is 188 Å². The fourth-order valence-corrected chi connectivity index (χ4v) is 3.96. The van der Waals surface area contributed by atoms with Gasteiger partial charge in [0.2, 0.25) is 5.91 Å². The topological polar surface area (TPSA) is 84.5 Å². The Kier molecular flexibility index (Phi) is 6.61. The Bertz CT molecular complexity index is 1110.